The summed E-state index contributed by atoms with van der Waals surface area (Å²) in [4.78, 5) is 0. The van der Waals surface area contributed by atoms with Crippen molar-refractivity contribution in [2.75, 3.05) is 28.4 Å². The van der Waals surface area contributed by atoms with Gasteiger partial charge in [-0.05, 0) is 27.7 Å². The molecule has 0 radical (unpaired) electrons. The van der Waals surface area contributed by atoms with Crippen LogP contribution in [-0.2, 0) is 52.1 Å². The molecule has 0 bridgehead atoms. The minimum absolute atomic E-state index is 0.316. The highest BCUT2D eigenvalue weighted by molar-refractivity contribution is 4.90. The summed E-state index contributed by atoms with van der Waals surface area (Å²) in [6.45, 7) is 7.47. The van der Waals surface area contributed by atoms with Gasteiger partial charge < -0.3 is 62.3 Å². The lowest BCUT2D eigenvalue weighted by Gasteiger charge is -2.46. The first kappa shape index (κ1) is 33.4. The summed E-state index contributed by atoms with van der Waals surface area (Å²) >= 11 is 0. The Hall–Kier alpha value is -0.520. The monoisotopic (exact) mass is 594 g/mol. The number of aliphatic hydroxyl groups is 2. The normalized spacial score (nSPS) is 49.6. The van der Waals surface area contributed by atoms with Gasteiger partial charge in [0.05, 0.1) is 48.8 Å². The molecule has 4 heterocycles. The Labute approximate surface area is 242 Å². The molecule has 13 nitrogen and oxygen atoms in total. The Morgan fingerprint density at radius 3 is 1.22 bits per heavy atom. The average Bonchev–Trinajstić information content (AvgIpc) is 2.94. The van der Waals surface area contributed by atoms with Crippen molar-refractivity contribution in [3.8, 4) is 0 Å². The molecule has 0 amide bonds. The van der Waals surface area contributed by atoms with E-state index in [-0.39, 0.29) is 42.7 Å². The van der Waals surface area contributed by atoms with Crippen molar-refractivity contribution >= 4 is 0 Å². The van der Waals surface area contributed by atoms with E-state index >= 15 is 0 Å². The molecule has 16 atom stereocenters. The number of hydrogen-bond donors (Lipinski definition) is 2. The zero-order valence-electron chi connectivity index (χ0n) is 25.5. The number of hydrogen-bond acceptors (Lipinski definition) is 13. The Bertz CT molecular complexity index is 790. The maximum atomic E-state index is 10.3. The molecule has 4 aliphatic heterocycles. The third-order valence-corrected chi connectivity index (χ3v) is 8.67. The standard InChI is InChI=1S/C28H50O13/c1-13-25(30)17(31-5)10-22(36-13)39-27-15(3)38-24(12-19(27)33-7)41-28-16(4)37-23(11-20(28)34-8)40-26-14(2)35-21(29)9-18(26)32-6/h13-30H,9-12H2,1-8H3/t13-,14-,15-,16-,17-,18+,19-,20+,21-,22+,23+,24+,25-,26-,27-,28-/m1/s1. The van der Waals surface area contributed by atoms with Gasteiger partial charge in [0.1, 0.15) is 24.4 Å². The van der Waals surface area contributed by atoms with Crippen molar-refractivity contribution in [3.05, 3.63) is 0 Å². The number of ether oxygens (including phenoxy) is 11. The Kier molecular flexibility index (Phi) is 12.2. The van der Waals surface area contributed by atoms with Crippen molar-refractivity contribution in [2.24, 2.45) is 0 Å². The molecule has 4 rings (SSSR count). The van der Waals surface area contributed by atoms with E-state index in [4.69, 9.17) is 52.1 Å². The zero-order valence-corrected chi connectivity index (χ0v) is 25.5. The summed E-state index contributed by atoms with van der Waals surface area (Å²) in [6, 6.07) is 0. The second-order valence-corrected chi connectivity index (χ2v) is 11.4. The fourth-order valence-corrected chi connectivity index (χ4v) is 6.33. The largest absolute Gasteiger partial charge is 0.388 e. The van der Waals surface area contributed by atoms with E-state index in [9.17, 15) is 10.2 Å². The predicted octanol–water partition coefficient (Wildman–Crippen LogP) is 1.09. The van der Waals surface area contributed by atoms with Crippen molar-refractivity contribution in [1.82, 2.24) is 0 Å². The lowest BCUT2D eigenvalue weighted by molar-refractivity contribution is -0.345. The zero-order chi connectivity index (χ0) is 29.8. The number of rotatable bonds is 10. The highest BCUT2D eigenvalue weighted by atomic mass is 16.8. The molecule has 2 N–H and O–H groups in total. The molecule has 240 valence electrons. The molecule has 4 fully saturated rings. The van der Waals surface area contributed by atoms with Crippen molar-refractivity contribution < 1.29 is 62.3 Å². The lowest BCUT2D eigenvalue weighted by Crippen LogP contribution is -2.57. The van der Waals surface area contributed by atoms with Gasteiger partial charge in [0, 0.05) is 54.1 Å². The molecular formula is C28H50O13. The topological polar surface area (TPSA) is 142 Å². The molecule has 13 heteroatoms. The van der Waals surface area contributed by atoms with Crippen LogP contribution in [0, 0.1) is 0 Å². The van der Waals surface area contributed by atoms with Gasteiger partial charge in [-0.15, -0.1) is 0 Å². The van der Waals surface area contributed by atoms with Gasteiger partial charge in [-0.25, -0.2) is 0 Å². The van der Waals surface area contributed by atoms with Gasteiger partial charge in [-0.3, -0.25) is 0 Å². The maximum absolute atomic E-state index is 10.3. The summed E-state index contributed by atoms with van der Waals surface area (Å²) in [5.74, 6) is 0. The fourth-order valence-electron chi connectivity index (χ4n) is 6.33. The van der Waals surface area contributed by atoms with Gasteiger partial charge in [-0.2, -0.15) is 0 Å². The third-order valence-electron chi connectivity index (χ3n) is 8.67. The van der Waals surface area contributed by atoms with Crippen LogP contribution in [0.4, 0.5) is 0 Å². The molecule has 0 unspecified atom stereocenters. The molecule has 0 aliphatic carbocycles. The quantitative estimate of drug-likeness (QED) is 0.373. The SMILES string of the molecule is CO[C@H]1C[C@H](O[C@H]2[C@@H](OC)C[C@H](O)O[C@@H]2C)O[C@H](C)[C@H]1O[C@H]1C[C@@H](OC)[C@H](O[C@H]2C[C@@H](OC)[C@H](O)[C@@H](C)O2)[C@@H](C)O1. The summed E-state index contributed by atoms with van der Waals surface area (Å²) in [6.07, 6.45) is -5.86. The summed E-state index contributed by atoms with van der Waals surface area (Å²) in [7, 11) is 6.43. The van der Waals surface area contributed by atoms with Crippen LogP contribution < -0.4 is 0 Å². The van der Waals surface area contributed by atoms with Crippen LogP contribution in [0.15, 0.2) is 0 Å². The van der Waals surface area contributed by atoms with Crippen LogP contribution in [0.2, 0.25) is 0 Å². The van der Waals surface area contributed by atoms with Crippen molar-refractivity contribution in [1.29, 1.82) is 0 Å². The molecule has 4 saturated heterocycles. The van der Waals surface area contributed by atoms with Gasteiger partial charge in [0.25, 0.3) is 0 Å². The summed E-state index contributed by atoms with van der Waals surface area (Å²) < 4.78 is 65.6. The van der Waals surface area contributed by atoms with E-state index in [1.807, 2.05) is 20.8 Å². The Morgan fingerprint density at radius 2 is 0.805 bits per heavy atom. The first-order chi connectivity index (χ1) is 19.6. The summed E-state index contributed by atoms with van der Waals surface area (Å²) in [5.41, 5.74) is 0. The van der Waals surface area contributed by atoms with E-state index in [0.29, 0.717) is 25.7 Å². The smallest absolute Gasteiger partial charge is 0.161 e. The second kappa shape index (κ2) is 15.0. The van der Waals surface area contributed by atoms with E-state index in [1.165, 1.54) is 0 Å². The van der Waals surface area contributed by atoms with Crippen LogP contribution >= 0.6 is 0 Å². The predicted molar refractivity (Wildman–Crippen MR) is 142 cm³/mol. The molecule has 0 saturated carbocycles. The average molecular weight is 595 g/mol. The third kappa shape index (κ3) is 7.96. The molecular weight excluding hydrogens is 544 g/mol. The van der Waals surface area contributed by atoms with Crippen molar-refractivity contribution in [2.45, 2.75) is 152 Å². The molecule has 41 heavy (non-hydrogen) atoms. The molecule has 0 spiro atoms. The first-order valence-electron chi connectivity index (χ1n) is 14.6. The number of methoxy groups -OCH3 is 4. The molecule has 0 aromatic rings. The van der Waals surface area contributed by atoms with E-state index in [0.717, 1.165) is 0 Å². The number of aliphatic hydroxyl groups excluding tert-OH is 2. The van der Waals surface area contributed by atoms with E-state index in [2.05, 4.69) is 0 Å². The van der Waals surface area contributed by atoms with Crippen LogP contribution in [0.25, 0.3) is 0 Å². The minimum atomic E-state index is -0.891. The van der Waals surface area contributed by atoms with Crippen LogP contribution in [0.1, 0.15) is 53.4 Å². The van der Waals surface area contributed by atoms with Crippen LogP contribution in [0.5, 0.6) is 0 Å². The van der Waals surface area contributed by atoms with Gasteiger partial charge in [-0.1, -0.05) is 0 Å². The maximum Gasteiger partial charge on any atom is 0.161 e. The highest BCUT2D eigenvalue weighted by Gasteiger charge is 2.47. The van der Waals surface area contributed by atoms with Gasteiger partial charge in [0.2, 0.25) is 0 Å². The van der Waals surface area contributed by atoms with Crippen LogP contribution in [-0.4, -0.2) is 137 Å². The molecule has 4 aliphatic rings. The molecule has 0 aromatic heterocycles. The van der Waals surface area contributed by atoms with Gasteiger partial charge >= 0.3 is 0 Å². The molecule has 0 aromatic carbocycles. The van der Waals surface area contributed by atoms with Gasteiger partial charge in [0.15, 0.2) is 25.2 Å². The Morgan fingerprint density at radius 1 is 0.463 bits per heavy atom. The van der Waals surface area contributed by atoms with E-state index < -0.39 is 55.7 Å². The second-order valence-electron chi connectivity index (χ2n) is 11.4. The van der Waals surface area contributed by atoms with Crippen molar-refractivity contribution in [3.63, 3.8) is 0 Å². The van der Waals surface area contributed by atoms with E-state index in [1.54, 1.807) is 35.4 Å². The summed E-state index contributed by atoms with van der Waals surface area (Å²) in [5, 5.41) is 20.2. The highest BCUT2D eigenvalue weighted by Crippen LogP contribution is 2.35. The first-order valence-corrected chi connectivity index (χ1v) is 14.6. The Balaban J connectivity index is 1.33. The lowest BCUT2D eigenvalue weighted by atomic mass is 9.98. The van der Waals surface area contributed by atoms with Crippen LogP contribution in [0.3, 0.4) is 0 Å². The fraction of sp³-hybridized carbons (Fsp3) is 1.00. The minimum Gasteiger partial charge on any atom is -0.388 e.